The van der Waals surface area contributed by atoms with Crippen LogP contribution in [0, 0.1) is 11.8 Å². The van der Waals surface area contributed by atoms with Crippen molar-refractivity contribution in [3.05, 3.63) is 21.9 Å². The lowest BCUT2D eigenvalue weighted by Crippen LogP contribution is -2.41. The van der Waals surface area contributed by atoms with Gasteiger partial charge in [0.25, 0.3) is 0 Å². The quantitative estimate of drug-likeness (QED) is 0.502. The Balaban J connectivity index is 1.64. The number of rotatable bonds is 6. The Bertz CT molecular complexity index is 738. The summed E-state index contributed by atoms with van der Waals surface area (Å²) in [7, 11) is 0. The van der Waals surface area contributed by atoms with Gasteiger partial charge in [0, 0.05) is 17.5 Å². The lowest BCUT2D eigenvalue weighted by Gasteiger charge is -2.39. The van der Waals surface area contributed by atoms with E-state index in [9.17, 15) is 9.90 Å². The van der Waals surface area contributed by atoms with Gasteiger partial charge in [0.05, 0.1) is 5.69 Å². The molecular formula is C26H39NO2S. The molecule has 1 heterocycles. The highest BCUT2D eigenvalue weighted by Crippen LogP contribution is 2.41. The summed E-state index contributed by atoms with van der Waals surface area (Å²) in [5, 5.41) is 10.1. The molecule has 0 saturated heterocycles. The van der Waals surface area contributed by atoms with Gasteiger partial charge in [-0.3, -0.25) is 0 Å². The predicted molar refractivity (Wildman–Crippen MR) is 128 cm³/mol. The summed E-state index contributed by atoms with van der Waals surface area (Å²) in [6.45, 7) is 3.43. The first-order chi connectivity index (χ1) is 14.6. The fourth-order valence-corrected chi connectivity index (χ4v) is 6.85. The standard InChI is InChI=1S/C26H39NO2S/c1-19-13-15-20(16-14-19)18-27(22-11-7-4-8-12-22)23-17-24(30-25(23)26(28)29)21-9-5-2-3-6-10-21/h9,17,19-20,22H,2-8,10-16,18H2,1H3,(H,28,29). The molecule has 30 heavy (non-hydrogen) atoms. The van der Waals surface area contributed by atoms with Crippen molar-refractivity contribution in [2.24, 2.45) is 11.8 Å². The van der Waals surface area contributed by atoms with Gasteiger partial charge in [-0.2, -0.15) is 0 Å². The van der Waals surface area contributed by atoms with Crippen LogP contribution in [0.3, 0.4) is 0 Å². The number of hydrogen-bond donors (Lipinski definition) is 1. The van der Waals surface area contributed by atoms with E-state index in [0.717, 1.165) is 31.0 Å². The molecule has 166 valence electrons. The van der Waals surface area contributed by atoms with Gasteiger partial charge in [-0.25, -0.2) is 4.79 Å². The minimum absolute atomic E-state index is 0.516. The maximum Gasteiger partial charge on any atom is 0.348 e. The van der Waals surface area contributed by atoms with Crippen LogP contribution in [0.25, 0.3) is 5.57 Å². The van der Waals surface area contributed by atoms with Crippen LogP contribution in [-0.2, 0) is 0 Å². The molecule has 2 fully saturated rings. The minimum Gasteiger partial charge on any atom is -0.477 e. The Kier molecular flexibility index (Phi) is 7.56. The molecule has 0 unspecified atom stereocenters. The van der Waals surface area contributed by atoms with Crippen molar-refractivity contribution in [3.8, 4) is 0 Å². The number of hydrogen-bond acceptors (Lipinski definition) is 3. The zero-order valence-corrected chi connectivity index (χ0v) is 19.5. The molecule has 0 radical (unpaired) electrons. The van der Waals surface area contributed by atoms with E-state index in [-0.39, 0.29) is 0 Å². The molecule has 4 rings (SSSR count). The molecule has 0 spiro atoms. The topological polar surface area (TPSA) is 40.5 Å². The third-order valence-electron chi connectivity index (χ3n) is 7.68. The maximum atomic E-state index is 12.3. The van der Waals surface area contributed by atoms with Gasteiger partial charge in [-0.05, 0) is 74.8 Å². The van der Waals surface area contributed by atoms with Crippen molar-refractivity contribution in [3.63, 3.8) is 0 Å². The molecule has 1 N–H and O–H groups in total. The molecule has 0 amide bonds. The number of allylic oxidation sites excluding steroid dienone is 2. The smallest absolute Gasteiger partial charge is 0.348 e. The first-order valence-corrected chi connectivity index (χ1v) is 13.3. The maximum absolute atomic E-state index is 12.3. The van der Waals surface area contributed by atoms with E-state index < -0.39 is 5.97 Å². The van der Waals surface area contributed by atoms with Crippen molar-refractivity contribution in [2.75, 3.05) is 11.4 Å². The number of thiophene rings is 1. The number of nitrogens with zero attached hydrogens (tertiary/aromatic N) is 1. The summed E-state index contributed by atoms with van der Waals surface area (Å²) < 4.78 is 0. The van der Waals surface area contributed by atoms with E-state index in [2.05, 4.69) is 24.0 Å². The molecule has 1 aromatic heterocycles. The van der Waals surface area contributed by atoms with E-state index in [1.54, 1.807) is 0 Å². The molecular weight excluding hydrogens is 390 g/mol. The van der Waals surface area contributed by atoms with Crippen molar-refractivity contribution < 1.29 is 9.90 Å². The third kappa shape index (κ3) is 5.30. The lowest BCUT2D eigenvalue weighted by molar-refractivity contribution is 0.0702. The second-order valence-corrected chi connectivity index (χ2v) is 11.1. The van der Waals surface area contributed by atoms with E-state index in [1.807, 2.05) is 0 Å². The molecule has 0 aromatic carbocycles. The Hall–Kier alpha value is -1.29. The van der Waals surface area contributed by atoms with Crippen molar-refractivity contribution >= 4 is 28.6 Å². The van der Waals surface area contributed by atoms with Gasteiger partial charge in [0.1, 0.15) is 4.88 Å². The number of carboxylic acids is 1. The Morgan fingerprint density at radius 3 is 2.50 bits per heavy atom. The Labute approximate surface area is 186 Å². The zero-order chi connectivity index (χ0) is 20.9. The molecule has 4 heteroatoms. The second-order valence-electron chi connectivity index (χ2n) is 10.0. The zero-order valence-electron chi connectivity index (χ0n) is 18.7. The molecule has 0 bridgehead atoms. The van der Waals surface area contributed by atoms with Gasteiger partial charge in [-0.15, -0.1) is 11.3 Å². The number of aromatic carboxylic acids is 1. The molecule has 3 aliphatic rings. The van der Waals surface area contributed by atoms with Crippen LogP contribution in [0.2, 0.25) is 0 Å². The molecule has 0 aliphatic heterocycles. The van der Waals surface area contributed by atoms with Crippen LogP contribution in [0.1, 0.15) is 111 Å². The monoisotopic (exact) mass is 429 g/mol. The third-order valence-corrected chi connectivity index (χ3v) is 8.87. The average molecular weight is 430 g/mol. The van der Waals surface area contributed by atoms with E-state index in [0.29, 0.717) is 16.8 Å². The summed E-state index contributed by atoms with van der Waals surface area (Å²) in [6, 6.07) is 2.77. The fourth-order valence-electron chi connectivity index (χ4n) is 5.77. The Morgan fingerprint density at radius 2 is 1.77 bits per heavy atom. The minimum atomic E-state index is -0.742. The molecule has 1 aromatic rings. The number of carboxylic acid groups (broad SMARTS) is 1. The number of carbonyl (C=O) groups is 1. The first-order valence-electron chi connectivity index (χ1n) is 12.4. The molecule has 0 atom stereocenters. The van der Waals surface area contributed by atoms with Crippen LogP contribution in [0.5, 0.6) is 0 Å². The second kappa shape index (κ2) is 10.3. The van der Waals surface area contributed by atoms with Crippen LogP contribution in [-0.4, -0.2) is 23.7 Å². The largest absolute Gasteiger partial charge is 0.477 e. The highest BCUT2D eigenvalue weighted by Gasteiger charge is 2.30. The lowest BCUT2D eigenvalue weighted by atomic mass is 9.82. The summed E-state index contributed by atoms with van der Waals surface area (Å²) in [5.41, 5.74) is 2.42. The first kappa shape index (κ1) is 21.9. The van der Waals surface area contributed by atoms with Gasteiger partial charge in [0.15, 0.2) is 0 Å². The van der Waals surface area contributed by atoms with Crippen LogP contribution in [0.4, 0.5) is 5.69 Å². The van der Waals surface area contributed by atoms with E-state index >= 15 is 0 Å². The normalized spacial score (nSPS) is 26.1. The van der Waals surface area contributed by atoms with Gasteiger partial charge >= 0.3 is 5.97 Å². The molecule has 3 nitrogen and oxygen atoms in total. The fraction of sp³-hybridized carbons (Fsp3) is 0.731. The van der Waals surface area contributed by atoms with Crippen LogP contribution < -0.4 is 4.90 Å². The van der Waals surface area contributed by atoms with E-state index in [4.69, 9.17) is 0 Å². The summed E-state index contributed by atoms with van der Waals surface area (Å²) in [5.74, 6) is 0.827. The number of anilines is 1. The molecule has 3 aliphatic carbocycles. The average Bonchev–Trinajstić information content (AvgIpc) is 3.02. The Morgan fingerprint density at radius 1 is 1.03 bits per heavy atom. The highest BCUT2D eigenvalue weighted by molar-refractivity contribution is 7.15. The summed E-state index contributed by atoms with van der Waals surface area (Å²) in [4.78, 5) is 16.6. The summed E-state index contributed by atoms with van der Waals surface area (Å²) in [6.07, 6.45) is 20.0. The van der Waals surface area contributed by atoms with E-state index in [1.165, 1.54) is 98.8 Å². The summed E-state index contributed by atoms with van der Waals surface area (Å²) >= 11 is 1.53. The van der Waals surface area contributed by atoms with Crippen molar-refractivity contribution in [1.82, 2.24) is 0 Å². The van der Waals surface area contributed by atoms with Gasteiger partial charge in [-0.1, -0.05) is 51.5 Å². The molecule has 2 saturated carbocycles. The van der Waals surface area contributed by atoms with Crippen molar-refractivity contribution in [2.45, 2.75) is 103 Å². The van der Waals surface area contributed by atoms with Crippen LogP contribution in [0.15, 0.2) is 12.1 Å². The van der Waals surface area contributed by atoms with Crippen molar-refractivity contribution in [1.29, 1.82) is 0 Å². The highest BCUT2D eigenvalue weighted by atomic mass is 32.1. The predicted octanol–water partition coefficient (Wildman–Crippen LogP) is 7.76. The van der Waals surface area contributed by atoms with Gasteiger partial charge in [0.2, 0.25) is 0 Å². The van der Waals surface area contributed by atoms with Gasteiger partial charge < -0.3 is 10.0 Å². The van der Waals surface area contributed by atoms with Crippen LogP contribution >= 0.6 is 11.3 Å². The SMILES string of the molecule is CC1CCC(CN(c2cc(C3=CCCCCC3)sc2C(=O)O)C2CCCCC2)CC1.